The minimum absolute atomic E-state index is 0.0947. The Bertz CT molecular complexity index is 502. The molecule has 0 bridgehead atoms. The van der Waals surface area contributed by atoms with Crippen LogP contribution in [0.5, 0.6) is 5.75 Å². The molecule has 2 saturated heterocycles. The molecule has 0 aliphatic carbocycles. The molecule has 0 N–H and O–H groups in total. The van der Waals surface area contributed by atoms with E-state index in [1.807, 2.05) is 29.2 Å². The summed E-state index contributed by atoms with van der Waals surface area (Å²) in [5.41, 5.74) is 0.997. The lowest BCUT2D eigenvalue weighted by Crippen LogP contribution is -2.39. The summed E-state index contributed by atoms with van der Waals surface area (Å²) in [6.07, 6.45) is 0.501. The lowest BCUT2D eigenvalue weighted by atomic mass is 10.0. The van der Waals surface area contributed by atoms with Crippen LogP contribution >= 0.6 is 0 Å². The van der Waals surface area contributed by atoms with Gasteiger partial charge in [-0.05, 0) is 17.7 Å². The van der Waals surface area contributed by atoms with E-state index in [1.165, 1.54) is 0 Å². The number of fused-ring (bicyclic) bond motifs is 1. The van der Waals surface area contributed by atoms with Gasteiger partial charge in [-0.2, -0.15) is 0 Å². The van der Waals surface area contributed by atoms with E-state index in [-0.39, 0.29) is 18.1 Å². The van der Waals surface area contributed by atoms with Crippen LogP contribution in [0.25, 0.3) is 0 Å². The first kappa shape index (κ1) is 14.4. The van der Waals surface area contributed by atoms with Crippen molar-refractivity contribution in [2.75, 3.05) is 34.0 Å². The predicted molar refractivity (Wildman–Crippen MR) is 77.3 cm³/mol. The number of methoxy groups -OCH3 is 2. The lowest BCUT2D eigenvalue weighted by molar-refractivity contribution is -0.132. The second-order valence-electron chi connectivity index (χ2n) is 5.61. The molecule has 0 saturated carbocycles. The fraction of sp³-hybridized carbons (Fsp3) is 0.562. The largest absolute Gasteiger partial charge is 0.497 e. The number of nitrogens with zero attached hydrogens (tertiary/aromatic N) is 1. The number of carbonyl (C=O) groups excluding carboxylic acids is 1. The van der Waals surface area contributed by atoms with E-state index in [4.69, 9.17) is 14.2 Å². The number of amides is 1. The summed E-state index contributed by atoms with van der Waals surface area (Å²) < 4.78 is 16.1. The molecule has 0 aromatic heterocycles. The third-order valence-corrected chi connectivity index (χ3v) is 4.49. The minimum atomic E-state index is 0.0947. The van der Waals surface area contributed by atoms with E-state index < -0.39 is 0 Å². The molecule has 2 aliphatic rings. The van der Waals surface area contributed by atoms with Crippen LogP contribution in [0, 0.1) is 5.92 Å². The van der Waals surface area contributed by atoms with Gasteiger partial charge in [0.1, 0.15) is 5.75 Å². The zero-order valence-electron chi connectivity index (χ0n) is 12.5. The first-order chi connectivity index (χ1) is 10.2. The standard InChI is InChI=1S/C16H21NO4/c1-19-12-5-3-11(4-6-12)7-16(18)17-8-15(20-2)13-9-21-10-14(13)17/h3-6,13-15H,7-10H2,1-2H3/t13-,14+,15-/m0/s1. The maximum atomic E-state index is 12.6. The van der Waals surface area contributed by atoms with Crippen molar-refractivity contribution in [3.8, 4) is 5.75 Å². The molecule has 1 aromatic rings. The van der Waals surface area contributed by atoms with Gasteiger partial charge in [0.15, 0.2) is 0 Å². The number of benzene rings is 1. The minimum Gasteiger partial charge on any atom is -0.497 e. The highest BCUT2D eigenvalue weighted by molar-refractivity contribution is 5.79. The van der Waals surface area contributed by atoms with Crippen molar-refractivity contribution < 1.29 is 19.0 Å². The molecular formula is C16H21NO4. The monoisotopic (exact) mass is 291 g/mol. The summed E-state index contributed by atoms with van der Waals surface area (Å²) in [5.74, 6) is 1.26. The highest BCUT2D eigenvalue weighted by Crippen LogP contribution is 2.32. The Morgan fingerprint density at radius 2 is 2.05 bits per heavy atom. The molecular weight excluding hydrogens is 270 g/mol. The maximum absolute atomic E-state index is 12.6. The zero-order valence-corrected chi connectivity index (χ0v) is 12.5. The average Bonchev–Trinajstić information content (AvgIpc) is 3.09. The van der Waals surface area contributed by atoms with Crippen LogP contribution in [-0.4, -0.2) is 56.9 Å². The van der Waals surface area contributed by atoms with Gasteiger partial charge in [-0.15, -0.1) is 0 Å². The van der Waals surface area contributed by atoms with Crippen molar-refractivity contribution >= 4 is 5.91 Å². The predicted octanol–water partition coefficient (Wildman–Crippen LogP) is 1.11. The van der Waals surface area contributed by atoms with Crippen LogP contribution in [0.15, 0.2) is 24.3 Å². The van der Waals surface area contributed by atoms with E-state index in [1.54, 1.807) is 14.2 Å². The lowest BCUT2D eigenvalue weighted by Gasteiger charge is -2.22. The smallest absolute Gasteiger partial charge is 0.227 e. The van der Waals surface area contributed by atoms with Crippen LogP contribution in [0.2, 0.25) is 0 Å². The normalized spacial score (nSPS) is 27.7. The highest BCUT2D eigenvalue weighted by Gasteiger charge is 2.47. The van der Waals surface area contributed by atoms with Crippen LogP contribution < -0.4 is 4.74 Å². The third kappa shape index (κ3) is 2.76. The number of carbonyl (C=O) groups is 1. The van der Waals surface area contributed by atoms with E-state index in [9.17, 15) is 4.79 Å². The average molecular weight is 291 g/mol. The van der Waals surface area contributed by atoms with Crippen molar-refractivity contribution in [2.24, 2.45) is 5.92 Å². The number of rotatable bonds is 4. The second-order valence-corrected chi connectivity index (χ2v) is 5.61. The third-order valence-electron chi connectivity index (χ3n) is 4.49. The summed E-state index contributed by atoms with van der Waals surface area (Å²) in [7, 11) is 3.34. The molecule has 114 valence electrons. The van der Waals surface area contributed by atoms with Gasteiger partial charge < -0.3 is 19.1 Å². The number of ether oxygens (including phenoxy) is 3. The van der Waals surface area contributed by atoms with Gasteiger partial charge in [0.05, 0.1) is 38.9 Å². The Kier molecular flexibility index (Phi) is 4.12. The van der Waals surface area contributed by atoms with Gasteiger partial charge >= 0.3 is 0 Å². The Hall–Kier alpha value is -1.59. The summed E-state index contributed by atoms with van der Waals surface area (Å²) in [5, 5.41) is 0. The fourth-order valence-electron chi connectivity index (χ4n) is 3.26. The molecule has 2 aliphatic heterocycles. The molecule has 2 fully saturated rings. The quantitative estimate of drug-likeness (QED) is 0.834. The molecule has 0 unspecified atom stereocenters. The Labute approximate surface area is 124 Å². The molecule has 3 atom stereocenters. The number of hydrogen-bond donors (Lipinski definition) is 0. The van der Waals surface area contributed by atoms with E-state index in [2.05, 4.69) is 0 Å². The van der Waals surface area contributed by atoms with Crippen LogP contribution in [-0.2, 0) is 20.7 Å². The van der Waals surface area contributed by atoms with Gasteiger partial charge in [-0.3, -0.25) is 4.79 Å². The second kappa shape index (κ2) is 6.03. The molecule has 5 nitrogen and oxygen atoms in total. The first-order valence-corrected chi connectivity index (χ1v) is 7.26. The fourth-order valence-corrected chi connectivity index (χ4v) is 3.26. The van der Waals surface area contributed by atoms with Gasteiger partial charge in [-0.1, -0.05) is 12.1 Å². The first-order valence-electron chi connectivity index (χ1n) is 7.26. The number of likely N-dealkylation sites (tertiary alicyclic amines) is 1. The molecule has 1 aromatic carbocycles. The van der Waals surface area contributed by atoms with Gasteiger partial charge in [-0.25, -0.2) is 0 Å². The molecule has 3 rings (SSSR count). The summed E-state index contributed by atoms with van der Waals surface area (Å²) >= 11 is 0. The molecule has 0 radical (unpaired) electrons. The van der Waals surface area contributed by atoms with Crippen LogP contribution in [0.3, 0.4) is 0 Å². The molecule has 21 heavy (non-hydrogen) atoms. The number of hydrogen-bond acceptors (Lipinski definition) is 4. The summed E-state index contributed by atoms with van der Waals surface area (Å²) in [6.45, 7) is 1.98. The molecule has 2 heterocycles. The molecule has 0 spiro atoms. The Balaban J connectivity index is 1.67. The summed E-state index contributed by atoms with van der Waals surface area (Å²) in [6, 6.07) is 7.80. The van der Waals surface area contributed by atoms with Crippen molar-refractivity contribution in [3.05, 3.63) is 29.8 Å². The maximum Gasteiger partial charge on any atom is 0.227 e. The van der Waals surface area contributed by atoms with Crippen molar-refractivity contribution in [3.63, 3.8) is 0 Å². The summed E-state index contributed by atoms with van der Waals surface area (Å²) in [4.78, 5) is 14.5. The van der Waals surface area contributed by atoms with Crippen molar-refractivity contribution in [2.45, 2.75) is 18.6 Å². The van der Waals surface area contributed by atoms with Gasteiger partial charge in [0, 0.05) is 19.6 Å². The van der Waals surface area contributed by atoms with E-state index >= 15 is 0 Å². The SMILES string of the molecule is COc1ccc(CC(=O)N2C[C@H](OC)[C@H]3COC[C@H]32)cc1. The molecule has 5 heteroatoms. The van der Waals surface area contributed by atoms with Crippen molar-refractivity contribution in [1.82, 2.24) is 4.90 Å². The van der Waals surface area contributed by atoms with Gasteiger partial charge in [0.2, 0.25) is 5.91 Å². The topological polar surface area (TPSA) is 48.0 Å². The Morgan fingerprint density at radius 3 is 2.71 bits per heavy atom. The Morgan fingerprint density at radius 1 is 1.29 bits per heavy atom. The van der Waals surface area contributed by atoms with E-state index in [0.717, 1.165) is 11.3 Å². The van der Waals surface area contributed by atoms with Crippen LogP contribution in [0.1, 0.15) is 5.56 Å². The van der Waals surface area contributed by atoms with Crippen molar-refractivity contribution in [1.29, 1.82) is 0 Å². The zero-order chi connectivity index (χ0) is 14.8. The van der Waals surface area contributed by atoms with Gasteiger partial charge in [0.25, 0.3) is 0 Å². The van der Waals surface area contributed by atoms with Crippen LogP contribution in [0.4, 0.5) is 0 Å². The van der Waals surface area contributed by atoms with E-state index in [0.29, 0.717) is 32.1 Å². The molecule has 1 amide bonds. The highest BCUT2D eigenvalue weighted by atomic mass is 16.5.